The lowest BCUT2D eigenvalue weighted by Gasteiger charge is -2.12. The van der Waals surface area contributed by atoms with Gasteiger partial charge in [0.15, 0.2) is 12.4 Å². The summed E-state index contributed by atoms with van der Waals surface area (Å²) in [5.41, 5.74) is 0.438. The molecule has 0 unspecified atom stereocenters. The number of carbonyl (C=O) groups is 2. The molecule has 0 amide bonds. The van der Waals surface area contributed by atoms with E-state index in [4.69, 9.17) is 9.47 Å². The molecule has 7 nitrogen and oxygen atoms in total. The molecule has 0 aliphatic heterocycles. The Balaban J connectivity index is 2.04. The van der Waals surface area contributed by atoms with E-state index in [1.54, 1.807) is 24.3 Å². The third kappa shape index (κ3) is 5.15. The van der Waals surface area contributed by atoms with Gasteiger partial charge >= 0.3 is 5.97 Å². The van der Waals surface area contributed by atoms with Crippen LogP contribution in [0.3, 0.4) is 0 Å². The summed E-state index contributed by atoms with van der Waals surface area (Å²) in [6, 6.07) is 12.0. The van der Waals surface area contributed by atoms with E-state index in [0.717, 1.165) is 4.31 Å². The molecule has 2 rings (SSSR count). The summed E-state index contributed by atoms with van der Waals surface area (Å²) in [5.74, 6) is -0.501. The lowest BCUT2D eigenvalue weighted by molar-refractivity contribution is 0.0474. The predicted molar refractivity (Wildman–Crippen MR) is 99.5 cm³/mol. The zero-order valence-corrected chi connectivity index (χ0v) is 16.2. The van der Waals surface area contributed by atoms with Gasteiger partial charge in [-0.25, -0.2) is 17.5 Å². The first-order valence-electron chi connectivity index (χ1n) is 8.21. The Labute approximate surface area is 158 Å². The number of nitrogens with zero attached hydrogens (tertiary/aromatic N) is 1. The van der Waals surface area contributed by atoms with E-state index in [1.807, 2.05) is 6.92 Å². The highest BCUT2D eigenvalue weighted by Crippen LogP contribution is 2.16. The number of hydrogen-bond acceptors (Lipinski definition) is 6. The van der Waals surface area contributed by atoms with Crippen LogP contribution < -0.4 is 4.74 Å². The van der Waals surface area contributed by atoms with E-state index in [9.17, 15) is 18.0 Å². The number of Topliss-reactive ketones (excluding diaryl/α,β-unsaturated/α-hetero) is 1. The molecule has 0 saturated heterocycles. The second-order valence-electron chi connectivity index (χ2n) is 5.77. The average molecular weight is 391 g/mol. The fourth-order valence-electron chi connectivity index (χ4n) is 2.20. The van der Waals surface area contributed by atoms with Crippen LogP contribution in [0.4, 0.5) is 0 Å². The first-order valence-corrected chi connectivity index (χ1v) is 9.65. The Morgan fingerprint density at radius 3 is 2.26 bits per heavy atom. The van der Waals surface area contributed by atoms with Crippen molar-refractivity contribution in [3.63, 3.8) is 0 Å². The maximum absolute atomic E-state index is 12.2. The van der Waals surface area contributed by atoms with Gasteiger partial charge in [-0.15, -0.1) is 0 Å². The van der Waals surface area contributed by atoms with Crippen molar-refractivity contribution in [3.05, 3.63) is 59.7 Å². The van der Waals surface area contributed by atoms with Crippen molar-refractivity contribution in [2.75, 3.05) is 27.3 Å². The van der Waals surface area contributed by atoms with Crippen molar-refractivity contribution in [1.82, 2.24) is 4.31 Å². The van der Waals surface area contributed by atoms with Gasteiger partial charge in [0.05, 0.1) is 17.1 Å². The van der Waals surface area contributed by atoms with Crippen LogP contribution in [-0.4, -0.2) is 51.8 Å². The maximum atomic E-state index is 12.2. The second-order valence-corrected chi connectivity index (χ2v) is 7.92. The number of ketones is 1. The molecule has 0 aliphatic rings. The molecule has 0 aliphatic carbocycles. The van der Waals surface area contributed by atoms with E-state index in [0.29, 0.717) is 17.9 Å². The Bertz CT molecular complexity index is 919. The summed E-state index contributed by atoms with van der Waals surface area (Å²) in [6.45, 7) is 1.93. The van der Waals surface area contributed by atoms with Crippen molar-refractivity contribution >= 4 is 21.8 Å². The van der Waals surface area contributed by atoms with Gasteiger partial charge in [0, 0.05) is 19.7 Å². The van der Waals surface area contributed by atoms with Gasteiger partial charge in [-0.3, -0.25) is 4.79 Å². The Hall–Kier alpha value is -2.71. The third-order valence-corrected chi connectivity index (χ3v) is 5.48. The molecule has 0 bridgehead atoms. The van der Waals surface area contributed by atoms with Gasteiger partial charge in [0.1, 0.15) is 5.75 Å². The van der Waals surface area contributed by atoms with Crippen molar-refractivity contribution in [3.8, 4) is 5.75 Å². The highest BCUT2D eigenvalue weighted by molar-refractivity contribution is 7.89. The van der Waals surface area contributed by atoms with E-state index < -0.39 is 22.6 Å². The largest absolute Gasteiger partial charge is 0.494 e. The Morgan fingerprint density at radius 2 is 1.67 bits per heavy atom. The molecule has 144 valence electrons. The summed E-state index contributed by atoms with van der Waals surface area (Å²) in [5, 5.41) is 0. The van der Waals surface area contributed by atoms with Crippen LogP contribution in [0.1, 0.15) is 27.6 Å². The van der Waals surface area contributed by atoms with Gasteiger partial charge in [-0.1, -0.05) is 6.07 Å². The van der Waals surface area contributed by atoms with Crippen LogP contribution in [0.25, 0.3) is 0 Å². The summed E-state index contributed by atoms with van der Waals surface area (Å²) in [7, 11) is -0.872. The lowest BCUT2D eigenvalue weighted by atomic mass is 10.1. The number of sulfonamides is 1. The third-order valence-electron chi connectivity index (χ3n) is 3.67. The SMILES string of the molecule is CCOc1ccc(C(=O)COC(=O)c2cccc(S(=O)(=O)N(C)C)c2)cc1. The molecule has 0 N–H and O–H groups in total. The standard InChI is InChI=1S/C19H21NO6S/c1-4-25-16-10-8-14(9-11-16)18(21)13-26-19(22)15-6-5-7-17(12-15)27(23,24)20(2)3/h5-12H,4,13H2,1-3H3. The van der Waals surface area contributed by atoms with Crippen LogP contribution >= 0.6 is 0 Å². The number of rotatable bonds is 8. The summed E-state index contributed by atoms with van der Waals surface area (Å²) in [4.78, 5) is 24.3. The van der Waals surface area contributed by atoms with Crippen LogP contribution in [0.2, 0.25) is 0 Å². The van der Waals surface area contributed by atoms with Crippen LogP contribution in [0.15, 0.2) is 53.4 Å². The van der Waals surface area contributed by atoms with Crippen LogP contribution in [0.5, 0.6) is 5.75 Å². The molecule has 0 atom stereocenters. The quantitative estimate of drug-likeness (QED) is 0.507. The smallest absolute Gasteiger partial charge is 0.338 e. The number of benzene rings is 2. The topological polar surface area (TPSA) is 90.0 Å². The zero-order valence-electron chi connectivity index (χ0n) is 15.3. The maximum Gasteiger partial charge on any atom is 0.338 e. The summed E-state index contributed by atoms with van der Waals surface area (Å²) < 4.78 is 35.7. The molecule has 2 aromatic rings. The Kier molecular flexibility index (Phi) is 6.70. The molecule has 8 heteroatoms. The number of hydrogen-bond donors (Lipinski definition) is 0. The highest BCUT2D eigenvalue weighted by Gasteiger charge is 2.19. The van der Waals surface area contributed by atoms with Crippen molar-refractivity contribution in [1.29, 1.82) is 0 Å². The first-order chi connectivity index (χ1) is 12.8. The minimum absolute atomic E-state index is 0.0280. The molecule has 0 saturated carbocycles. The fraction of sp³-hybridized carbons (Fsp3) is 0.263. The molecule has 2 aromatic carbocycles. The van der Waals surface area contributed by atoms with Crippen LogP contribution in [0, 0.1) is 0 Å². The number of carbonyl (C=O) groups excluding carboxylic acids is 2. The minimum atomic E-state index is -3.67. The van der Waals surface area contributed by atoms with Crippen molar-refractivity contribution in [2.24, 2.45) is 0 Å². The molecular weight excluding hydrogens is 370 g/mol. The minimum Gasteiger partial charge on any atom is -0.494 e. The predicted octanol–water partition coefficient (Wildman–Crippen LogP) is 2.38. The van der Waals surface area contributed by atoms with Gasteiger partial charge < -0.3 is 9.47 Å². The van der Waals surface area contributed by atoms with Crippen molar-refractivity contribution in [2.45, 2.75) is 11.8 Å². The molecule has 27 heavy (non-hydrogen) atoms. The lowest BCUT2D eigenvalue weighted by Crippen LogP contribution is -2.22. The molecule has 0 aromatic heterocycles. The second kappa shape index (κ2) is 8.79. The van der Waals surface area contributed by atoms with E-state index in [1.165, 1.54) is 38.4 Å². The molecular formula is C19H21NO6S. The van der Waals surface area contributed by atoms with Gasteiger partial charge in [0.25, 0.3) is 0 Å². The Morgan fingerprint density at radius 1 is 1.00 bits per heavy atom. The molecule has 0 radical (unpaired) electrons. The zero-order chi connectivity index (χ0) is 20.0. The normalized spacial score (nSPS) is 11.3. The monoisotopic (exact) mass is 391 g/mol. The van der Waals surface area contributed by atoms with Gasteiger partial charge in [-0.05, 0) is 49.4 Å². The molecule has 0 heterocycles. The van der Waals surface area contributed by atoms with E-state index >= 15 is 0 Å². The summed E-state index contributed by atoms with van der Waals surface area (Å²) in [6.07, 6.45) is 0. The first kappa shape index (κ1) is 20.6. The highest BCUT2D eigenvalue weighted by atomic mass is 32.2. The van der Waals surface area contributed by atoms with Crippen LogP contribution in [-0.2, 0) is 14.8 Å². The average Bonchev–Trinajstić information content (AvgIpc) is 2.66. The van der Waals surface area contributed by atoms with Gasteiger partial charge in [0.2, 0.25) is 10.0 Å². The van der Waals surface area contributed by atoms with E-state index in [2.05, 4.69) is 0 Å². The molecule has 0 fully saturated rings. The molecule has 0 spiro atoms. The fourth-order valence-corrected chi connectivity index (χ4v) is 3.14. The summed E-state index contributed by atoms with van der Waals surface area (Å²) >= 11 is 0. The van der Waals surface area contributed by atoms with E-state index in [-0.39, 0.29) is 16.2 Å². The van der Waals surface area contributed by atoms with Crippen molar-refractivity contribution < 1.29 is 27.5 Å². The number of esters is 1. The van der Waals surface area contributed by atoms with Gasteiger partial charge in [-0.2, -0.15) is 0 Å². The number of ether oxygens (including phenoxy) is 2.